The van der Waals surface area contributed by atoms with E-state index in [-0.39, 0.29) is 17.2 Å². The van der Waals surface area contributed by atoms with E-state index in [9.17, 15) is 9.59 Å². The van der Waals surface area contributed by atoms with E-state index in [0.717, 1.165) is 5.69 Å². The fraction of sp³-hybridized carbons (Fsp3) is 0.462. The maximum Gasteiger partial charge on any atom is 0.278 e. The van der Waals surface area contributed by atoms with E-state index in [1.165, 1.54) is 4.68 Å². The SMILES string of the molecule is Cc1nonc1C(=O)N1CCN(c2cnn(C)c(=O)c2)CC1. The Balaban J connectivity index is 1.67. The van der Waals surface area contributed by atoms with E-state index in [1.807, 2.05) is 4.90 Å². The molecule has 9 heteroatoms. The zero-order valence-corrected chi connectivity index (χ0v) is 12.4. The molecule has 0 bridgehead atoms. The number of carbonyl (C=O) groups is 1. The van der Waals surface area contributed by atoms with Crippen molar-refractivity contribution in [3.8, 4) is 0 Å². The summed E-state index contributed by atoms with van der Waals surface area (Å²) in [6.07, 6.45) is 1.66. The molecule has 3 heterocycles. The van der Waals surface area contributed by atoms with Crippen molar-refractivity contribution in [2.24, 2.45) is 7.05 Å². The van der Waals surface area contributed by atoms with Crippen LogP contribution in [0.1, 0.15) is 16.2 Å². The third-order valence-corrected chi connectivity index (χ3v) is 3.74. The third kappa shape index (κ3) is 2.57. The van der Waals surface area contributed by atoms with Crippen LogP contribution in [0, 0.1) is 6.92 Å². The Morgan fingerprint density at radius 2 is 1.95 bits per heavy atom. The summed E-state index contributed by atoms with van der Waals surface area (Å²) in [7, 11) is 1.61. The zero-order valence-electron chi connectivity index (χ0n) is 12.4. The summed E-state index contributed by atoms with van der Waals surface area (Å²) in [5.74, 6) is -0.180. The van der Waals surface area contributed by atoms with Gasteiger partial charge in [0.15, 0.2) is 5.69 Å². The van der Waals surface area contributed by atoms with Crippen molar-refractivity contribution in [1.82, 2.24) is 25.0 Å². The van der Waals surface area contributed by atoms with Gasteiger partial charge in [0.2, 0.25) is 0 Å². The largest absolute Gasteiger partial charge is 0.367 e. The van der Waals surface area contributed by atoms with Gasteiger partial charge in [-0.25, -0.2) is 9.31 Å². The van der Waals surface area contributed by atoms with Crippen LogP contribution in [0.25, 0.3) is 0 Å². The standard InChI is InChI=1S/C13H16N6O3/c1-9-12(16-22-15-9)13(21)19-5-3-18(4-6-19)10-7-11(20)17(2)14-8-10/h7-8H,3-6H2,1-2H3. The molecular weight excluding hydrogens is 288 g/mol. The zero-order chi connectivity index (χ0) is 15.7. The molecule has 0 atom stereocenters. The Hall–Kier alpha value is -2.71. The van der Waals surface area contributed by atoms with Gasteiger partial charge in [-0.05, 0) is 12.1 Å². The fourth-order valence-electron chi connectivity index (χ4n) is 2.38. The minimum Gasteiger partial charge on any atom is -0.367 e. The van der Waals surface area contributed by atoms with Crippen LogP contribution in [0.15, 0.2) is 21.7 Å². The minimum absolute atomic E-state index is 0.152. The van der Waals surface area contributed by atoms with Crippen molar-refractivity contribution in [3.05, 3.63) is 34.0 Å². The minimum atomic E-state index is -0.180. The molecule has 2 aromatic heterocycles. The van der Waals surface area contributed by atoms with Crippen LogP contribution in [0.2, 0.25) is 0 Å². The molecule has 1 amide bonds. The highest BCUT2D eigenvalue weighted by atomic mass is 16.6. The Kier molecular flexibility index (Phi) is 3.61. The second-order valence-electron chi connectivity index (χ2n) is 5.15. The van der Waals surface area contributed by atoms with Crippen LogP contribution in [-0.4, -0.2) is 57.1 Å². The molecule has 1 saturated heterocycles. The lowest BCUT2D eigenvalue weighted by Gasteiger charge is -2.35. The molecular formula is C13H16N6O3. The van der Waals surface area contributed by atoms with E-state index < -0.39 is 0 Å². The van der Waals surface area contributed by atoms with Crippen molar-refractivity contribution in [2.45, 2.75) is 6.92 Å². The van der Waals surface area contributed by atoms with Gasteiger partial charge >= 0.3 is 0 Å². The van der Waals surface area contributed by atoms with Crippen LogP contribution >= 0.6 is 0 Å². The second-order valence-corrected chi connectivity index (χ2v) is 5.15. The van der Waals surface area contributed by atoms with Gasteiger partial charge in [0, 0.05) is 39.3 Å². The number of aryl methyl sites for hydroxylation is 2. The number of aromatic nitrogens is 4. The Bertz CT molecular complexity index is 744. The third-order valence-electron chi connectivity index (χ3n) is 3.74. The van der Waals surface area contributed by atoms with Crippen molar-refractivity contribution >= 4 is 11.6 Å². The highest BCUT2D eigenvalue weighted by Gasteiger charge is 2.26. The molecule has 1 aliphatic rings. The predicted molar refractivity (Wildman–Crippen MR) is 76.6 cm³/mol. The number of hydrogen-bond donors (Lipinski definition) is 0. The molecule has 0 aliphatic carbocycles. The molecule has 0 spiro atoms. The summed E-state index contributed by atoms with van der Waals surface area (Å²) in [5, 5.41) is 11.3. The second kappa shape index (κ2) is 5.58. The van der Waals surface area contributed by atoms with Crippen molar-refractivity contribution < 1.29 is 9.42 Å². The highest BCUT2D eigenvalue weighted by Crippen LogP contribution is 2.15. The monoisotopic (exact) mass is 304 g/mol. The molecule has 22 heavy (non-hydrogen) atoms. The number of amides is 1. The van der Waals surface area contributed by atoms with Gasteiger partial charge in [0.05, 0.1) is 11.9 Å². The first-order valence-electron chi connectivity index (χ1n) is 6.93. The summed E-state index contributed by atoms with van der Waals surface area (Å²) in [6, 6.07) is 1.55. The summed E-state index contributed by atoms with van der Waals surface area (Å²) >= 11 is 0. The van der Waals surface area contributed by atoms with Gasteiger partial charge in [-0.1, -0.05) is 5.16 Å². The summed E-state index contributed by atoms with van der Waals surface area (Å²) in [5.41, 5.74) is 1.36. The molecule has 0 radical (unpaired) electrons. The van der Waals surface area contributed by atoms with Crippen LogP contribution in [0.3, 0.4) is 0 Å². The lowest BCUT2D eigenvalue weighted by atomic mass is 10.2. The first-order chi connectivity index (χ1) is 10.6. The smallest absolute Gasteiger partial charge is 0.278 e. The van der Waals surface area contributed by atoms with Crippen molar-refractivity contribution in [1.29, 1.82) is 0 Å². The van der Waals surface area contributed by atoms with Crippen LogP contribution in [-0.2, 0) is 7.05 Å². The number of nitrogens with zero attached hydrogens (tertiary/aromatic N) is 6. The predicted octanol–water partition coefficient (Wildman–Crippen LogP) is -0.566. The van der Waals surface area contributed by atoms with E-state index in [4.69, 9.17) is 0 Å². The first-order valence-corrected chi connectivity index (χ1v) is 6.93. The Morgan fingerprint density at radius 1 is 1.23 bits per heavy atom. The van der Waals surface area contributed by atoms with E-state index in [2.05, 4.69) is 20.0 Å². The number of hydrogen-bond acceptors (Lipinski definition) is 7. The average molecular weight is 304 g/mol. The molecule has 0 aromatic carbocycles. The molecule has 3 rings (SSSR count). The van der Waals surface area contributed by atoms with Gasteiger partial charge in [0.1, 0.15) is 5.69 Å². The fourth-order valence-corrected chi connectivity index (χ4v) is 2.38. The molecule has 0 N–H and O–H groups in total. The topological polar surface area (TPSA) is 97.4 Å². The molecule has 2 aromatic rings. The molecule has 0 unspecified atom stereocenters. The van der Waals surface area contributed by atoms with Gasteiger partial charge < -0.3 is 9.80 Å². The average Bonchev–Trinajstić information content (AvgIpc) is 2.95. The molecule has 116 valence electrons. The normalized spacial score (nSPS) is 15.2. The van der Waals surface area contributed by atoms with Gasteiger partial charge in [-0.15, -0.1) is 0 Å². The van der Waals surface area contributed by atoms with Crippen LogP contribution in [0.5, 0.6) is 0 Å². The summed E-state index contributed by atoms with van der Waals surface area (Å²) in [4.78, 5) is 27.7. The Morgan fingerprint density at radius 3 is 2.55 bits per heavy atom. The van der Waals surface area contributed by atoms with Crippen molar-refractivity contribution in [3.63, 3.8) is 0 Å². The first kappa shape index (κ1) is 14.2. The summed E-state index contributed by atoms with van der Waals surface area (Å²) in [6.45, 7) is 4.03. The molecule has 1 fully saturated rings. The number of carbonyl (C=O) groups excluding carboxylic acids is 1. The van der Waals surface area contributed by atoms with Gasteiger partial charge in [0.25, 0.3) is 11.5 Å². The number of piperazine rings is 1. The lowest BCUT2D eigenvalue weighted by Crippen LogP contribution is -2.49. The van der Waals surface area contributed by atoms with Gasteiger partial charge in [-0.2, -0.15) is 5.10 Å². The lowest BCUT2D eigenvalue weighted by molar-refractivity contribution is 0.0735. The quantitative estimate of drug-likeness (QED) is 0.733. The summed E-state index contributed by atoms with van der Waals surface area (Å²) < 4.78 is 5.85. The molecule has 9 nitrogen and oxygen atoms in total. The molecule has 0 saturated carbocycles. The van der Waals surface area contributed by atoms with Crippen LogP contribution < -0.4 is 10.5 Å². The molecule has 1 aliphatic heterocycles. The van der Waals surface area contributed by atoms with Crippen LogP contribution in [0.4, 0.5) is 5.69 Å². The van der Waals surface area contributed by atoms with E-state index in [1.54, 1.807) is 31.1 Å². The maximum absolute atomic E-state index is 12.3. The maximum atomic E-state index is 12.3. The van der Waals surface area contributed by atoms with E-state index in [0.29, 0.717) is 31.9 Å². The number of rotatable bonds is 2. The van der Waals surface area contributed by atoms with Crippen molar-refractivity contribution in [2.75, 3.05) is 31.1 Å². The van der Waals surface area contributed by atoms with E-state index >= 15 is 0 Å². The highest BCUT2D eigenvalue weighted by molar-refractivity contribution is 5.93. The van der Waals surface area contributed by atoms with Gasteiger partial charge in [-0.3, -0.25) is 9.59 Å². The number of anilines is 1. The Labute approximate surface area is 126 Å².